The van der Waals surface area contributed by atoms with Crippen molar-refractivity contribution in [2.45, 2.75) is 32.9 Å². The summed E-state index contributed by atoms with van der Waals surface area (Å²) in [6, 6.07) is 12.9. The average molecular weight is 452 g/mol. The zero-order valence-electron chi connectivity index (χ0n) is 17.1. The molecule has 0 spiro atoms. The number of hydrogen-bond acceptors (Lipinski definition) is 6. The van der Waals surface area contributed by atoms with Gasteiger partial charge in [0.1, 0.15) is 11.4 Å². The van der Waals surface area contributed by atoms with Crippen LogP contribution in [0.3, 0.4) is 0 Å². The second kappa shape index (κ2) is 8.95. The Morgan fingerprint density at radius 2 is 1.94 bits per heavy atom. The average Bonchev–Trinajstić information content (AvgIpc) is 3.36. The van der Waals surface area contributed by atoms with Gasteiger partial charge in [0.2, 0.25) is 5.91 Å². The van der Waals surface area contributed by atoms with Crippen molar-refractivity contribution in [3.63, 3.8) is 0 Å². The Kier molecular flexibility index (Phi) is 6.11. The van der Waals surface area contributed by atoms with Crippen molar-refractivity contribution in [3.05, 3.63) is 75.0 Å². The normalized spacial score (nSPS) is 12.1. The number of nitrogens with one attached hydrogen (secondary N) is 1. The van der Waals surface area contributed by atoms with E-state index in [1.54, 1.807) is 11.3 Å². The highest BCUT2D eigenvalue weighted by Crippen LogP contribution is 2.34. The van der Waals surface area contributed by atoms with Gasteiger partial charge >= 0.3 is 0 Å². The summed E-state index contributed by atoms with van der Waals surface area (Å²) in [5.41, 5.74) is 1.54. The van der Waals surface area contributed by atoms with Crippen LogP contribution in [0.4, 0.5) is 0 Å². The van der Waals surface area contributed by atoms with Gasteiger partial charge in [0.15, 0.2) is 5.78 Å². The smallest absolute Gasteiger partial charge is 0.263 e. The molecule has 1 aromatic carbocycles. The molecule has 4 aromatic rings. The van der Waals surface area contributed by atoms with Gasteiger partial charge in [-0.1, -0.05) is 30.3 Å². The van der Waals surface area contributed by atoms with Crippen LogP contribution in [0.25, 0.3) is 20.7 Å². The Hall–Kier alpha value is -3.10. The van der Waals surface area contributed by atoms with Crippen molar-refractivity contribution < 1.29 is 9.59 Å². The Morgan fingerprint density at radius 3 is 2.61 bits per heavy atom. The maximum Gasteiger partial charge on any atom is 0.263 e. The minimum Gasteiger partial charge on any atom is -0.344 e. The highest BCUT2D eigenvalue weighted by atomic mass is 32.1. The molecule has 1 N–H and O–H groups in total. The molecule has 0 aliphatic heterocycles. The van der Waals surface area contributed by atoms with Gasteiger partial charge in [0.25, 0.3) is 5.56 Å². The first-order valence-corrected chi connectivity index (χ1v) is 11.5. The molecular formula is C23H21N3O3S2. The number of amides is 1. The van der Waals surface area contributed by atoms with E-state index in [0.29, 0.717) is 16.6 Å². The molecule has 3 heterocycles. The largest absolute Gasteiger partial charge is 0.344 e. The number of fused-ring (bicyclic) bond motifs is 1. The minimum absolute atomic E-state index is 0.133. The molecule has 31 heavy (non-hydrogen) atoms. The van der Waals surface area contributed by atoms with Crippen LogP contribution < -0.4 is 10.9 Å². The monoisotopic (exact) mass is 451 g/mol. The van der Waals surface area contributed by atoms with E-state index in [9.17, 15) is 14.4 Å². The molecule has 6 nitrogen and oxygen atoms in total. The van der Waals surface area contributed by atoms with Gasteiger partial charge in [-0.05, 0) is 38.0 Å². The first-order valence-electron chi connectivity index (χ1n) is 9.79. The third-order valence-corrected chi connectivity index (χ3v) is 6.91. The van der Waals surface area contributed by atoms with Crippen LogP contribution in [-0.2, 0) is 22.6 Å². The SMILES string of the molecule is CC(=O)[C@@H](Cc1ccccc1)NC(=O)Cn1cnc2scc(-c3ccc(C)s3)c2c1=O. The summed E-state index contributed by atoms with van der Waals surface area (Å²) in [6.07, 6.45) is 1.80. The molecule has 0 saturated heterocycles. The van der Waals surface area contributed by atoms with Crippen molar-refractivity contribution in [3.8, 4) is 10.4 Å². The molecule has 0 aliphatic carbocycles. The molecule has 4 rings (SSSR count). The third kappa shape index (κ3) is 4.65. The maximum atomic E-state index is 13.1. The van der Waals surface area contributed by atoms with Crippen molar-refractivity contribution in [2.75, 3.05) is 0 Å². The molecule has 1 amide bonds. The lowest BCUT2D eigenvalue weighted by molar-refractivity contribution is -0.127. The number of rotatable bonds is 7. The van der Waals surface area contributed by atoms with E-state index in [2.05, 4.69) is 10.3 Å². The van der Waals surface area contributed by atoms with Gasteiger partial charge in [-0.15, -0.1) is 22.7 Å². The predicted octanol–water partition coefficient (Wildman–Crippen LogP) is 3.81. The quantitative estimate of drug-likeness (QED) is 0.463. The fraction of sp³-hybridized carbons (Fsp3) is 0.217. The number of nitrogens with zero attached hydrogens (tertiary/aromatic N) is 2. The Bertz CT molecular complexity index is 1300. The van der Waals surface area contributed by atoms with E-state index in [1.807, 2.05) is 54.8 Å². The summed E-state index contributed by atoms with van der Waals surface area (Å²) in [7, 11) is 0. The van der Waals surface area contributed by atoms with E-state index in [-0.39, 0.29) is 17.9 Å². The first kappa shape index (κ1) is 21.1. The Labute approximate surface area is 187 Å². The maximum absolute atomic E-state index is 13.1. The highest BCUT2D eigenvalue weighted by molar-refractivity contribution is 7.19. The number of aromatic nitrogens is 2. The van der Waals surface area contributed by atoms with Crippen LogP contribution in [0.2, 0.25) is 0 Å². The standard InChI is InChI=1S/C23H21N3O3S2/c1-14-8-9-19(31-14)17-12-30-22-21(17)23(29)26(13-24-22)11-20(28)25-18(15(2)27)10-16-6-4-3-5-7-16/h3-9,12-13,18H,10-11H2,1-2H3,(H,25,28)/t18-/m1/s1. The van der Waals surface area contributed by atoms with Gasteiger partial charge in [0.05, 0.1) is 17.8 Å². The molecule has 0 unspecified atom stereocenters. The van der Waals surface area contributed by atoms with Gasteiger partial charge in [-0.25, -0.2) is 4.98 Å². The van der Waals surface area contributed by atoms with Gasteiger partial charge in [-0.3, -0.25) is 19.0 Å². The Morgan fingerprint density at radius 1 is 1.16 bits per heavy atom. The van der Waals surface area contributed by atoms with Gasteiger partial charge < -0.3 is 5.32 Å². The van der Waals surface area contributed by atoms with E-state index < -0.39 is 11.9 Å². The summed E-state index contributed by atoms with van der Waals surface area (Å²) in [4.78, 5) is 45.0. The van der Waals surface area contributed by atoms with E-state index in [0.717, 1.165) is 20.9 Å². The van der Waals surface area contributed by atoms with Crippen molar-refractivity contribution in [1.29, 1.82) is 0 Å². The van der Waals surface area contributed by atoms with Crippen molar-refractivity contribution >= 4 is 44.6 Å². The fourth-order valence-electron chi connectivity index (χ4n) is 3.38. The summed E-state index contributed by atoms with van der Waals surface area (Å²) in [5.74, 6) is -0.533. The van der Waals surface area contributed by atoms with Gasteiger partial charge in [0, 0.05) is 20.7 Å². The highest BCUT2D eigenvalue weighted by Gasteiger charge is 2.20. The van der Waals surface area contributed by atoms with Crippen LogP contribution in [0.1, 0.15) is 17.4 Å². The zero-order valence-corrected chi connectivity index (χ0v) is 18.8. The van der Waals surface area contributed by atoms with Crippen LogP contribution in [0.5, 0.6) is 0 Å². The summed E-state index contributed by atoms with van der Waals surface area (Å²) in [6.45, 7) is 3.28. The van der Waals surface area contributed by atoms with Crippen LogP contribution in [0, 0.1) is 6.92 Å². The number of carbonyl (C=O) groups excluding carboxylic acids is 2. The number of ketones is 1. The number of hydrogen-bond donors (Lipinski definition) is 1. The lowest BCUT2D eigenvalue weighted by Gasteiger charge is -2.16. The van der Waals surface area contributed by atoms with Gasteiger partial charge in [-0.2, -0.15) is 0 Å². The number of aryl methyl sites for hydroxylation is 1. The van der Waals surface area contributed by atoms with Crippen LogP contribution >= 0.6 is 22.7 Å². The van der Waals surface area contributed by atoms with Crippen molar-refractivity contribution in [2.24, 2.45) is 0 Å². The van der Waals surface area contributed by atoms with E-state index in [1.165, 1.54) is 29.2 Å². The molecule has 8 heteroatoms. The molecule has 0 aliphatic rings. The number of benzene rings is 1. The second-order valence-electron chi connectivity index (χ2n) is 7.34. The number of Topliss-reactive ketones (excluding diaryl/α,β-unsaturated/α-hetero) is 1. The van der Waals surface area contributed by atoms with Crippen molar-refractivity contribution in [1.82, 2.24) is 14.9 Å². The minimum atomic E-state index is -0.645. The lowest BCUT2D eigenvalue weighted by atomic mass is 10.0. The van der Waals surface area contributed by atoms with E-state index in [4.69, 9.17) is 0 Å². The van der Waals surface area contributed by atoms with E-state index >= 15 is 0 Å². The molecule has 0 radical (unpaired) electrons. The molecule has 1 atom stereocenters. The summed E-state index contributed by atoms with van der Waals surface area (Å²) < 4.78 is 1.30. The summed E-state index contributed by atoms with van der Waals surface area (Å²) in [5, 5.41) is 5.21. The molecule has 158 valence electrons. The topological polar surface area (TPSA) is 81.1 Å². The number of carbonyl (C=O) groups is 2. The third-order valence-electron chi connectivity index (χ3n) is 4.99. The molecule has 0 bridgehead atoms. The molecule has 3 aromatic heterocycles. The van der Waals surface area contributed by atoms with Crippen LogP contribution in [0.15, 0.2) is 59.0 Å². The second-order valence-corrected chi connectivity index (χ2v) is 9.48. The number of thiophene rings is 2. The fourth-order valence-corrected chi connectivity index (χ4v) is 5.24. The first-order chi connectivity index (χ1) is 14.9. The predicted molar refractivity (Wildman–Crippen MR) is 125 cm³/mol. The Balaban J connectivity index is 1.56. The summed E-state index contributed by atoms with van der Waals surface area (Å²) >= 11 is 3.03. The molecule has 0 saturated carbocycles. The molecular weight excluding hydrogens is 430 g/mol. The molecule has 0 fully saturated rings. The lowest BCUT2D eigenvalue weighted by Crippen LogP contribution is -2.43. The zero-order chi connectivity index (χ0) is 22.0. The van der Waals surface area contributed by atoms with Crippen LogP contribution in [-0.4, -0.2) is 27.3 Å².